The topological polar surface area (TPSA) is 66.4 Å². The highest BCUT2D eigenvalue weighted by Crippen LogP contribution is 2.21. The van der Waals surface area contributed by atoms with Crippen LogP contribution in [0.4, 0.5) is 0 Å². The minimum absolute atomic E-state index is 0.174. The van der Waals surface area contributed by atoms with Crippen molar-refractivity contribution in [1.29, 1.82) is 0 Å². The summed E-state index contributed by atoms with van der Waals surface area (Å²) in [4.78, 5) is -1.23. The van der Waals surface area contributed by atoms with Crippen LogP contribution >= 0.6 is 0 Å². The van der Waals surface area contributed by atoms with Gasteiger partial charge in [0, 0.05) is 0 Å². The fraction of sp³-hybridized carbons (Fsp3) is 1.00. The van der Waals surface area contributed by atoms with Crippen molar-refractivity contribution in [2.45, 2.75) is 32.6 Å². The molecule has 1 unspecified atom stereocenters. The molecule has 0 radical (unpaired) electrons. The number of hydrogen-bond donors (Lipinski definition) is 2. The average Bonchev–Trinajstić information content (AvgIpc) is 1.85. The maximum Gasteiger partial charge on any atom is 0.283 e. The minimum atomic E-state index is -4.04. The van der Waals surface area contributed by atoms with Crippen LogP contribution in [0.5, 0.6) is 0 Å². The van der Waals surface area contributed by atoms with Gasteiger partial charge in [-0.25, -0.2) is 0 Å². The predicted molar refractivity (Wildman–Crippen MR) is 48.5 cm³/mol. The highest BCUT2D eigenvalue weighted by atomic mass is 32.2. The summed E-state index contributed by atoms with van der Waals surface area (Å²) in [5.74, 6) is -0.174. The summed E-state index contributed by atoms with van der Waals surface area (Å²) in [6.07, 6.45) is 0. The molecule has 0 aliphatic rings. The zero-order chi connectivity index (χ0) is 9.99. The Morgan fingerprint density at radius 2 is 1.92 bits per heavy atom. The van der Waals surface area contributed by atoms with Crippen molar-refractivity contribution >= 4 is 10.1 Å². The lowest BCUT2D eigenvalue weighted by molar-refractivity contribution is 0.328. The monoisotopic (exact) mass is 195 g/mol. The molecule has 12 heavy (non-hydrogen) atoms. The summed E-state index contributed by atoms with van der Waals surface area (Å²) in [7, 11) is -4.04. The van der Waals surface area contributed by atoms with E-state index in [2.05, 4.69) is 5.32 Å². The van der Waals surface area contributed by atoms with Gasteiger partial charge in [-0.3, -0.25) is 9.87 Å². The van der Waals surface area contributed by atoms with Gasteiger partial charge in [0.25, 0.3) is 10.1 Å². The Bertz CT molecular complexity index is 235. The van der Waals surface area contributed by atoms with Crippen molar-refractivity contribution in [1.82, 2.24) is 5.32 Å². The fourth-order valence-electron chi connectivity index (χ4n) is 0.944. The zero-order valence-electron chi connectivity index (χ0n) is 7.96. The van der Waals surface area contributed by atoms with E-state index in [1.165, 1.54) is 6.92 Å². The van der Waals surface area contributed by atoms with Gasteiger partial charge >= 0.3 is 0 Å². The lowest BCUT2D eigenvalue weighted by Gasteiger charge is -2.30. The van der Waals surface area contributed by atoms with Crippen molar-refractivity contribution < 1.29 is 13.0 Å². The van der Waals surface area contributed by atoms with E-state index >= 15 is 0 Å². The van der Waals surface area contributed by atoms with E-state index in [4.69, 9.17) is 4.55 Å². The fourth-order valence-corrected chi connectivity index (χ4v) is 1.87. The summed E-state index contributed by atoms with van der Waals surface area (Å²) < 4.78 is 30.9. The second kappa shape index (κ2) is 3.72. The second-order valence-electron chi connectivity index (χ2n) is 3.27. The SMILES string of the molecule is CCNC(C)(C(C)C)S(=O)(=O)O. The van der Waals surface area contributed by atoms with Gasteiger partial charge in [0.2, 0.25) is 0 Å². The van der Waals surface area contributed by atoms with Crippen LogP contribution in [-0.4, -0.2) is 24.4 Å². The lowest BCUT2D eigenvalue weighted by Crippen LogP contribution is -2.52. The number of nitrogens with one attached hydrogen (secondary N) is 1. The van der Waals surface area contributed by atoms with Crippen molar-refractivity contribution in [3.8, 4) is 0 Å². The van der Waals surface area contributed by atoms with Crippen molar-refractivity contribution in [3.05, 3.63) is 0 Å². The molecule has 0 heterocycles. The van der Waals surface area contributed by atoms with Crippen molar-refractivity contribution in [2.75, 3.05) is 6.54 Å². The summed E-state index contributed by atoms with van der Waals surface area (Å²) in [5, 5.41) is 2.76. The first kappa shape index (κ1) is 11.9. The average molecular weight is 195 g/mol. The highest BCUT2D eigenvalue weighted by molar-refractivity contribution is 7.87. The van der Waals surface area contributed by atoms with E-state index in [0.29, 0.717) is 6.54 Å². The summed E-state index contributed by atoms with van der Waals surface area (Å²) >= 11 is 0. The molecule has 2 N–H and O–H groups in total. The van der Waals surface area contributed by atoms with E-state index in [0.717, 1.165) is 0 Å². The molecule has 1 atom stereocenters. The third kappa shape index (κ3) is 2.18. The van der Waals surface area contributed by atoms with Crippen LogP contribution in [-0.2, 0) is 10.1 Å². The van der Waals surface area contributed by atoms with E-state index in [9.17, 15) is 8.42 Å². The maximum atomic E-state index is 11.0. The van der Waals surface area contributed by atoms with Gasteiger partial charge < -0.3 is 0 Å². The van der Waals surface area contributed by atoms with Gasteiger partial charge in [-0.15, -0.1) is 0 Å². The van der Waals surface area contributed by atoms with E-state index in [1.54, 1.807) is 20.8 Å². The predicted octanol–water partition coefficient (Wildman–Crippen LogP) is 0.856. The van der Waals surface area contributed by atoms with Crippen molar-refractivity contribution in [2.24, 2.45) is 5.92 Å². The van der Waals surface area contributed by atoms with Crippen LogP contribution in [0, 0.1) is 5.92 Å². The van der Waals surface area contributed by atoms with E-state index < -0.39 is 15.0 Å². The Kier molecular flexibility index (Phi) is 3.68. The molecule has 0 spiro atoms. The van der Waals surface area contributed by atoms with Gasteiger partial charge in [0.1, 0.15) is 4.87 Å². The molecule has 0 saturated carbocycles. The molecule has 5 heteroatoms. The Morgan fingerprint density at radius 3 is 2.00 bits per heavy atom. The molecule has 0 aliphatic heterocycles. The summed E-state index contributed by atoms with van der Waals surface area (Å²) in [6.45, 7) is 7.28. The minimum Gasteiger partial charge on any atom is -0.297 e. The Hall–Kier alpha value is -0.130. The Labute approximate surface area is 74.1 Å². The molecule has 0 aromatic heterocycles. The maximum absolute atomic E-state index is 11.0. The first-order valence-corrected chi connectivity index (χ1v) is 5.41. The van der Waals surface area contributed by atoms with Crippen molar-refractivity contribution in [3.63, 3.8) is 0 Å². The molecule has 0 amide bonds. The van der Waals surface area contributed by atoms with Gasteiger partial charge in [-0.2, -0.15) is 8.42 Å². The molecule has 0 saturated heterocycles. The van der Waals surface area contributed by atoms with Gasteiger partial charge in [0.15, 0.2) is 0 Å². The second-order valence-corrected chi connectivity index (χ2v) is 5.07. The molecule has 0 bridgehead atoms. The molecule has 0 aromatic carbocycles. The molecule has 74 valence electrons. The van der Waals surface area contributed by atoms with Crippen LogP contribution in [0.3, 0.4) is 0 Å². The van der Waals surface area contributed by atoms with Crippen LogP contribution in [0.2, 0.25) is 0 Å². The largest absolute Gasteiger partial charge is 0.297 e. The normalized spacial score (nSPS) is 17.8. The third-order valence-corrected chi connectivity index (χ3v) is 3.85. The van der Waals surface area contributed by atoms with Crippen LogP contribution in [0.25, 0.3) is 0 Å². The Balaban J connectivity index is 4.89. The number of rotatable bonds is 4. The van der Waals surface area contributed by atoms with E-state index in [-0.39, 0.29) is 5.92 Å². The van der Waals surface area contributed by atoms with E-state index in [1.807, 2.05) is 0 Å². The highest BCUT2D eigenvalue weighted by Gasteiger charge is 2.40. The van der Waals surface area contributed by atoms with Crippen LogP contribution < -0.4 is 5.32 Å². The molecule has 4 nitrogen and oxygen atoms in total. The summed E-state index contributed by atoms with van der Waals surface area (Å²) in [5.41, 5.74) is 0. The summed E-state index contributed by atoms with van der Waals surface area (Å²) in [6, 6.07) is 0. The van der Waals surface area contributed by atoms with Gasteiger partial charge in [-0.05, 0) is 19.4 Å². The first-order chi connectivity index (χ1) is 5.25. The van der Waals surface area contributed by atoms with Gasteiger partial charge in [0.05, 0.1) is 0 Å². The number of hydrogen-bond acceptors (Lipinski definition) is 3. The Morgan fingerprint density at radius 1 is 1.50 bits per heavy atom. The lowest BCUT2D eigenvalue weighted by atomic mass is 10.1. The quantitative estimate of drug-likeness (QED) is 0.653. The molecular formula is C7H17NO3S. The van der Waals surface area contributed by atoms with Crippen LogP contribution in [0.15, 0.2) is 0 Å². The van der Waals surface area contributed by atoms with Crippen LogP contribution in [0.1, 0.15) is 27.7 Å². The molecule has 0 aliphatic carbocycles. The first-order valence-electron chi connectivity index (χ1n) is 3.97. The third-order valence-electron chi connectivity index (χ3n) is 2.17. The molecule has 0 rings (SSSR count). The standard InChI is InChI=1S/C7H17NO3S/c1-5-8-7(4,6(2)3)12(9,10)11/h6,8H,5H2,1-4H3,(H,9,10,11). The van der Waals surface area contributed by atoms with Gasteiger partial charge in [-0.1, -0.05) is 20.8 Å². The molecule has 0 aromatic rings. The molecule has 0 fully saturated rings. The zero-order valence-corrected chi connectivity index (χ0v) is 8.77. The smallest absolute Gasteiger partial charge is 0.283 e. The molecular weight excluding hydrogens is 178 g/mol.